The van der Waals surface area contributed by atoms with Gasteiger partial charge in [-0.15, -0.1) is 0 Å². The fraction of sp³-hybridized carbons (Fsp3) is 0.381. The van der Waals surface area contributed by atoms with E-state index in [1.807, 2.05) is 13.8 Å². The zero-order valence-corrected chi connectivity index (χ0v) is 19.1. The fourth-order valence-corrected chi connectivity index (χ4v) is 5.37. The minimum Gasteiger partial charge on any atom is -0.492 e. The Bertz CT molecular complexity index is 1040. The molecule has 0 aliphatic carbocycles. The SMILES string of the molecule is CCOc1ccc(S(=O)(=O)N2CCC(C(=O)Nc3cccc(Cl)c3C)CC2)cc1Cl. The van der Waals surface area contributed by atoms with Crippen molar-refractivity contribution in [3.63, 3.8) is 0 Å². The number of benzene rings is 2. The van der Waals surface area contributed by atoms with Gasteiger partial charge in [-0.2, -0.15) is 4.31 Å². The molecule has 0 spiro atoms. The topological polar surface area (TPSA) is 75.7 Å². The largest absolute Gasteiger partial charge is 0.492 e. The van der Waals surface area contributed by atoms with Gasteiger partial charge in [0.1, 0.15) is 5.75 Å². The van der Waals surface area contributed by atoms with Crippen molar-refractivity contribution in [1.82, 2.24) is 4.31 Å². The molecule has 1 heterocycles. The Morgan fingerprint density at radius 2 is 1.87 bits per heavy atom. The van der Waals surface area contributed by atoms with Crippen LogP contribution in [-0.4, -0.2) is 38.3 Å². The molecule has 6 nitrogen and oxygen atoms in total. The van der Waals surface area contributed by atoms with Crippen LogP contribution in [0.4, 0.5) is 5.69 Å². The maximum Gasteiger partial charge on any atom is 0.243 e. The highest BCUT2D eigenvalue weighted by Crippen LogP contribution is 2.31. The van der Waals surface area contributed by atoms with Crippen molar-refractivity contribution < 1.29 is 17.9 Å². The fourth-order valence-electron chi connectivity index (χ4n) is 3.40. The van der Waals surface area contributed by atoms with Gasteiger partial charge < -0.3 is 10.1 Å². The van der Waals surface area contributed by atoms with E-state index in [1.165, 1.54) is 16.4 Å². The van der Waals surface area contributed by atoms with E-state index in [0.29, 0.717) is 35.9 Å². The van der Waals surface area contributed by atoms with Crippen LogP contribution in [-0.2, 0) is 14.8 Å². The number of ether oxygens (including phenoxy) is 1. The number of hydrogen-bond donors (Lipinski definition) is 1. The normalized spacial score (nSPS) is 15.7. The summed E-state index contributed by atoms with van der Waals surface area (Å²) in [6.07, 6.45) is 0.880. The van der Waals surface area contributed by atoms with Crippen molar-refractivity contribution in [1.29, 1.82) is 0 Å². The van der Waals surface area contributed by atoms with E-state index in [9.17, 15) is 13.2 Å². The second kappa shape index (κ2) is 9.56. The van der Waals surface area contributed by atoms with Crippen molar-refractivity contribution >= 4 is 44.8 Å². The van der Waals surface area contributed by atoms with Crippen LogP contribution in [0.15, 0.2) is 41.3 Å². The van der Waals surface area contributed by atoms with Crippen LogP contribution >= 0.6 is 23.2 Å². The van der Waals surface area contributed by atoms with Crippen LogP contribution in [0.25, 0.3) is 0 Å². The molecule has 0 radical (unpaired) electrons. The molecule has 0 atom stereocenters. The molecule has 0 saturated carbocycles. The number of sulfonamides is 1. The zero-order valence-electron chi connectivity index (χ0n) is 16.8. The Morgan fingerprint density at radius 1 is 1.17 bits per heavy atom. The van der Waals surface area contributed by atoms with Crippen LogP contribution in [0, 0.1) is 12.8 Å². The molecule has 0 bridgehead atoms. The van der Waals surface area contributed by atoms with Crippen molar-refractivity contribution in [2.45, 2.75) is 31.6 Å². The lowest BCUT2D eigenvalue weighted by molar-refractivity contribution is -0.120. The van der Waals surface area contributed by atoms with Crippen LogP contribution in [0.1, 0.15) is 25.3 Å². The third kappa shape index (κ3) is 4.91. The van der Waals surface area contributed by atoms with Gasteiger partial charge in [0.25, 0.3) is 0 Å². The first kappa shape index (κ1) is 22.9. The second-order valence-corrected chi connectivity index (χ2v) is 9.86. The van der Waals surface area contributed by atoms with Crippen LogP contribution < -0.4 is 10.1 Å². The minimum atomic E-state index is -3.69. The number of rotatable bonds is 6. The Balaban J connectivity index is 1.65. The molecule has 9 heteroatoms. The summed E-state index contributed by atoms with van der Waals surface area (Å²) in [6.45, 7) is 4.64. The Hall–Kier alpha value is -1.80. The number of amides is 1. The van der Waals surface area contributed by atoms with Crippen molar-refractivity contribution in [3.05, 3.63) is 52.0 Å². The Labute approximate surface area is 187 Å². The predicted molar refractivity (Wildman–Crippen MR) is 119 cm³/mol. The summed E-state index contributed by atoms with van der Waals surface area (Å²) in [5, 5.41) is 3.75. The Kier molecular flexibility index (Phi) is 7.29. The van der Waals surface area contributed by atoms with Crippen LogP contribution in [0.3, 0.4) is 0 Å². The number of carbonyl (C=O) groups excluding carboxylic acids is 1. The molecule has 1 amide bonds. The maximum atomic E-state index is 13.0. The predicted octanol–water partition coefficient (Wildman–Crippen LogP) is 4.74. The first-order valence-electron chi connectivity index (χ1n) is 9.72. The standard InChI is InChI=1S/C21H24Cl2N2O4S/c1-3-29-20-8-7-16(13-18(20)23)30(27,28)25-11-9-15(10-12-25)21(26)24-19-6-4-5-17(22)14(19)2/h4-8,13,15H,3,9-12H2,1-2H3,(H,24,26). The van der Waals surface area contributed by atoms with E-state index in [2.05, 4.69) is 5.32 Å². The number of nitrogens with zero attached hydrogens (tertiary/aromatic N) is 1. The highest BCUT2D eigenvalue weighted by Gasteiger charge is 2.32. The number of carbonyl (C=O) groups is 1. The summed E-state index contributed by atoms with van der Waals surface area (Å²) in [4.78, 5) is 12.8. The summed E-state index contributed by atoms with van der Waals surface area (Å²) in [7, 11) is -3.69. The van der Waals surface area contributed by atoms with E-state index in [-0.39, 0.29) is 34.8 Å². The van der Waals surface area contributed by atoms with E-state index in [4.69, 9.17) is 27.9 Å². The molecule has 1 aliphatic rings. The average molecular weight is 471 g/mol. The molecule has 1 fully saturated rings. The molecule has 30 heavy (non-hydrogen) atoms. The number of halogens is 2. The number of nitrogens with one attached hydrogen (secondary N) is 1. The van der Waals surface area contributed by atoms with Crippen LogP contribution in [0.2, 0.25) is 10.0 Å². The lowest BCUT2D eigenvalue weighted by Gasteiger charge is -2.30. The summed E-state index contributed by atoms with van der Waals surface area (Å²) < 4.78 is 32.7. The summed E-state index contributed by atoms with van der Waals surface area (Å²) in [5.41, 5.74) is 1.48. The van der Waals surface area contributed by atoms with Gasteiger partial charge in [-0.1, -0.05) is 29.3 Å². The molecule has 162 valence electrons. The van der Waals surface area contributed by atoms with E-state index in [0.717, 1.165) is 5.56 Å². The highest BCUT2D eigenvalue weighted by atomic mass is 35.5. The average Bonchev–Trinajstić information content (AvgIpc) is 2.73. The Morgan fingerprint density at radius 3 is 2.50 bits per heavy atom. The first-order chi connectivity index (χ1) is 14.2. The van der Waals surface area contributed by atoms with Crippen molar-refractivity contribution in [2.24, 2.45) is 5.92 Å². The van der Waals surface area contributed by atoms with Gasteiger partial charge >= 0.3 is 0 Å². The summed E-state index contributed by atoms with van der Waals surface area (Å²) >= 11 is 12.3. The second-order valence-electron chi connectivity index (χ2n) is 7.11. The number of piperidine rings is 1. The molecule has 2 aromatic rings. The summed E-state index contributed by atoms with van der Waals surface area (Å²) in [5.74, 6) is 0.0603. The van der Waals surface area contributed by atoms with Crippen molar-refractivity contribution in [3.8, 4) is 5.75 Å². The van der Waals surface area contributed by atoms with Gasteiger partial charge in [-0.05, 0) is 62.6 Å². The van der Waals surface area contributed by atoms with Crippen molar-refractivity contribution in [2.75, 3.05) is 25.0 Å². The van der Waals surface area contributed by atoms with Gasteiger partial charge in [0.15, 0.2) is 0 Å². The lowest BCUT2D eigenvalue weighted by atomic mass is 9.97. The minimum absolute atomic E-state index is 0.119. The van der Waals surface area contributed by atoms with E-state index in [1.54, 1.807) is 24.3 Å². The molecule has 1 N–H and O–H groups in total. The third-order valence-electron chi connectivity index (χ3n) is 5.19. The first-order valence-corrected chi connectivity index (χ1v) is 11.9. The maximum absolute atomic E-state index is 13.0. The van der Waals surface area contributed by atoms with E-state index >= 15 is 0 Å². The molecule has 1 saturated heterocycles. The van der Waals surface area contributed by atoms with Gasteiger partial charge in [-0.25, -0.2) is 8.42 Å². The molecule has 3 rings (SSSR count). The molecule has 2 aromatic carbocycles. The van der Waals surface area contributed by atoms with Gasteiger partial charge in [0.05, 0.1) is 16.5 Å². The monoisotopic (exact) mass is 470 g/mol. The molecule has 0 aromatic heterocycles. The zero-order chi connectivity index (χ0) is 21.9. The smallest absolute Gasteiger partial charge is 0.243 e. The molecule has 0 unspecified atom stereocenters. The number of hydrogen-bond acceptors (Lipinski definition) is 4. The number of anilines is 1. The van der Waals surface area contributed by atoms with E-state index < -0.39 is 10.0 Å². The van der Waals surface area contributed by atoms with Gasteiger partial charge in [0, 0.05) is 29.7 Å². The summed E-state index contributed by atoms with van der Waals surface area (Å²) in [6, 6.07) is 9.81. The third-order valence-corrected chi connectivity index (χ3v) is 7.79. The molecular formula is C21H24Cl2N2O4S. The quantitative estimate of drug-likeness (QED) is 0.661. The van der Waals surface area contributed by atoms with Crippen LogP contribution in [0.5, 0.6) is 5.75 Å². The van der Waals surface area contributed by atoms with Gasteiger partial charge in [0.2, 0.25) is 15.9 Å². The highest BCUT2D eigenvalue weighted by molar-refractivity contribution is 7.89. The lowest BCUT2D eigenvalue weighted by Crippen LogP contribution is -2.41. The molecular weight excluding hydrogens is 447 g/mol. The van der Waals surface area contributed by atoms with Gasteiger partial charge in [-0.3, -0.25) is 4.79 Å². The molecule has 1 aliphatic heterocycles.